The molecule has 9 heteroatoms. The molecule has 0 bridgehead atoms. The van der Waals surface area contributed by atoms with Crippen LogP contribution in [0.2, 0.25) is 0 Å². The van der Waals surface area contributed by atoms with E-state index < -0.39 is 20.0 Å². The molecule has 0 aliphatic carbocycles. The van der Waals surface area contributed by atoms with Gasteiger partial charge < -0.3 is 19.8 Å². The molecule has 0 heterocycles. The number of aliphatic hydroxyl groups is 1. The minimum atomic E-state index is -4.33. The summed E-state index contributed by atoms with van der Waals surface area (Å²) in [5, 5.41) is 13.8. The van der Waals surface area contributed by atoms with Gasteiger partial charge in [0.15, 0.2) is 0 Å². The number of rotatable bonds is 52. The van der Waals surface area contributed by atoms with Crippen LogP contribution in [0.4, 0.5) is 0 Å². The first-order chi connectivity index (χ1) is 33.5. The summed E-state index contributed by atoms with van der Waals surface area (Å²) in [4.78, 5) is 23.1. The molecule has 0 rings (SSSR count). The predicted octanol–water partition coefficient (Wildman–Crippen LogP) is 17.5. The molecule has 0 saturated carbocycles. The summed E-state index contributed by atoms with van der Waals surface area (Å²) in [7, 11) is 1.57. The van der Waals surface area contributed by atoms with E-state index >= 15 is 0 Å². The number of unbranched alkanes of at least 4 members (excludes halogenated alkanes) is 29. The molecule has 69 heavy (non-hydrogen) atoms. The molecule has 3 N–H and O–H groups in total. The number of phosphoric acid groups is 1. The number of quaternary nitrogens is 1. The second-order valence-corrected chi connectivity index (χ2v) is 22.1. The molecule has 0 aromatic rings. The summed E-state index contributed by atoms with van der Waals surface area (Å²) >= 11 is 0. The van der Waals surface area contributed by atoms with E-state index in [0.29, 0.717) is 17.4 Å². The van der Waals surface area contributed by atoms with Gasteiger partial charge in [-0.3, -0.25) is 13.8 Å². The molecule has 3 atom stereocenters. The maximum absolute atomic E-state index is 12.9. The Morgan fingerprint density at radius 1 is 0.507 bits per heavy atom. The van der Waals surface area contributed by atoms with Crippen molar-refractivity contribution in [3.05, 3.63) is 72.9 Å². The van der Waals surface area contributed by atoms with E-state index in [1.54, 1.807) is 6.08 Å². The fourth-order valence-corrected chi connectivity index (χ4v) is 8.92. The first-order valence-electron chi connectivity index (χ1n) is 28.8. The highest BCUT2D eigenvalue weighted by molar-refractivity contribution is 7.47. The van der Waals surface area contributed by atoms with Crippen LogP contribution in [-0.4, -0.2) is 73.4 Å². The molecular weight excluding hydrogens is 876 g/mol. The number of carbonyl (C=O) groups is 1. The number of nitrogens with one attached hydrogen (secondary N) is 1. The maximum atomic E-state index is 12.9. The first-order valence-corrected chi connectivity index (χ1v) is 30.3. The minimum absolute atomic E-state index is 0.0611. The van der Waals surface area contributed by atoms with Crippen LogP contribution in [0.5, 0.6) is 0 Å². The van der Waals surface area contributed by atoms with E-state index in [1.807, 2.05) is 27.2 Å². The normalized spacial score (nSPS) is 14.5. The van der Waals surface area contributed by atoms with Crippen molar-refractivity contribution in [2.75, 3.05) is 40.9 Å². The summed E-state index contributed by atoms with van der Waals surface area (Å²) in [5.74, 6) is -0.179. The van der Waals surface area contributed by atoms with Crippen molar-refractivity contribution in [2.45, 2.75) is 264 Å². The van der Waals surface area contributed by atoms with Crippen LogP contribution in [0.3, 0.4) is 0 Å². The molecule has 0 aromatic carbocycles. The van der Waals surface area contributed by atoms with E-state index in [4.69, 9.17) is 9.05 Å². The van der Waals surface area contributed by atoms with Crippen LogP contribution in [0, 0.1) is 0 Å². The lowest BCUT2D eigenvalue weighted by Gasteiger charge is -2.25. The minimum Gasteiger partial charge on any atom is -0.387 e. The number of likely N-dealkylation sites (N-methyl/N-ethyl adjacent to an activating group) is 1. The quantitative estimate of drug-likeness (QED) is 0.0243. The topological polar surface area (TPSA) is 105 Å². The third-order valence-electron chi connectivity index (χ3n) is 12.7. The van der Waals surface area contributed by atoms with E-state index in [2.05, 4.69) is 79.9 Å². The third-order valence-corrected chi connectivity index (χ3v) is 13.7. The number of hydrogen-bond donors (Lipinski definition) is 3. The van der Waals surface area contributed by atoms with Gasteiger partial charge in [-0.2, -0.15) is 0 Å². The summed E-state index contributed by atoms with van der Waals surface area (Å²) < 4.78 is 23.5. The second kappa shape index (κ2) is 50.9. The molecule has 0 saturated heterocycles. The van der Waals surface area contributed by atoms with Gasteiger partial charge in [-0.1, -0.05) is 254 Å². The average Bonchev–Trinajstić information content (AvgIpc) is 3.31. The maximum Gasteiger partial charge on any atom is 0.472 e. The highest BCUT2D eigenvalue weighted by Gasteiger charge is 2.27. The molecule has 1 amide bonds. The molecule has 3 unspecified atom stereocenters. The molecule has 8 nitrogen and oxygen atoms in total. The van der Waals surface area contributed by atoms with Crippen molar-refractivity contribution in [1.29, 1.82) is 0 Å². The Kier molecular flexibility index (Phi) is 49.3. The number of amides is 1. The zero-order valence-corrected chi connectivity index (χ0v) is 46.7. The zero-order chi connectivity index (χ0) is 50.6. The van der Waals surface area contributed by atoms with Crippen LogP contribution in [0.25, 0.3) is 0 Å². The van der Waals surface area contributed by atoms with E-state index in [-0.39, 0.29) is 19.1 Å². The van der Waals surface area contributed by atoms with E-state index in [9.17, 15) is 19.4 Å². The van der Waals surface area contributed by atoms with Gasteiger partial charge >= 0.3 is 7.82 Å². The number of phosphoric ester groups is 1. The number of nitrogens with zero attached hydrogens (tertiary/aromatic N) is 1. The van der Waals surface area contributed by atoms with Crippen LogP contribution in [0.1, 0.15) is 251 Å². The molecule has 0 spiro atoms. The van der Waals surface area contributed by atoms with Crippen molar-refractivity contribution in [2.24, 2.45) is 0 Å². The van der Waals surface area contributed by atoms with Crippen molar-refractivity contribution in [1.82, 2.24) is 5.32 Å². The summed E-state index contributed by atoms with van der Waals surface area (Å²) in [6.07, 6.45) is 70.5. The molecule has 402 valence electrons. The highest BCUT2D eigenvalue weighted by Crippen LogP contribution is 2.43. The van der Waals surface area contributed by atoms with Gasteiger partial charge in [0.1, 0.15) is 13.2 Å². The SMILES string of the molecule is CC/C=C\C/C=C\C/C=C\C/C=C\C/C=C\CCCCCCCCCCCCCCCCCCCCCCCCCC(=O)NC(COP(=O)(O)OCC[N+](C)(C)C)C(O)/C=C/CCCCCCCC. The summed E-state index contributed by atoms with van der Waals surface area (Å²) in [5.41, 5.74) is 0. The van der Waals surface area contributed by atoms with Crippen molar-refractivity contribution in [3.63, 3.8) is 0 Å². The Morgan fingerprint density at radius 2 is 0.870 bits per heavy atom. The van der Waals surface area contributed by atoms with Gasteiger partial charge in [0, 0.05) is 6.42 Å². The van der Waals surface area contributed by atoms with Crippen LogP contribution < -0.4 is 5.32 Å². The first kappa shape index (κ1) is 66.9. The molecule has 0 radical (unpaired) electrons. The van der Waals surface area contributed by atoms with Gasteiger partial charge in [-0.05, 0) is 64.2 Å². The van der Waals surface area contributed by atoms with Crippen LogP contribution >= 0.6 is 7.82 Å². The zero-order valence-electron chi connectivity index (χ0n) is 45.8. The number of hydrogen-bond acceptors (Lipinski definition) is 5. The van der Waals surface area contributed by atoms with Crippen LogP contribution in [-0.2, 0) is 18.4 Å². The van der Waals surface area contributed by atoms with E-state index in [1.165, 1.54) is 161 Å². The summed E-state index contributed by atoms with van der Waals surface area (Å²) in [6.45, 7) is 4.66. The monoisotopic (exact) mass is 988 g/mol. The predicted molar refractivity (Wildman–Crippen MR) is 300 cm³/mol. The Hall–Kier alpha value is -2.06. The summed E-state index contributed by atoms with van der Waals surface area (Å²) in [6, 6.07) is -0.844. The van der Waals surface area contributed by atoms with Crippen molar-refractivity contribution in [3.8, 4) is 0 Å². The standard InChI is InChI=1S/C60H111N2O6P/c1-6-8-10-12-14-16-17-18-19-20-21-22-23-24-25-26-27-28-29-30-31-32-33-34-35-36-37-38-39-40-41-42-43-44-45-46-48-50-52-54-60(64)61-58(57-68-69(65,66)67-56-55-62(3,4)5)59(63)53-51-49-47-15-13-11-9-7-2/h8,10,14,16,18-19,21-22,24-25,51,53,58-59,63H,6-7,9,11-13,15,17,20,23,26-50,52,54-57H2,1-5H3,(H-,61,64,65,66)/p+1/b10-8-,16-14-,19-18-,22-21-,25-24-,53-51+. The Bertz CT molecular complexity index is 1350. The van der Waals surface area contributed by atoms with Gasteiger partial charge in [0.25, 0.3) is 0 Å². The van der Waals surface area contributed by atoms with Crippen molar-refractivity contribution < 1.29 is 32.9 Å². The number of carbonyl (C=O) groups excluding carboxylic acids is 1. The fourth-order valence-electron chi connectivity index (χ4n) is 8.19. The molecule has 0 aliphatic heterocycles. The van der Waals surface area contributed by atoms with Crippen molar-refractivity contribution >= 4 is 13.7 Å². The van der Waals surface area contributed by atoms with E-state index in [0.717, 1.165) is 70.6 Å². The lowest BCUT2D eigenvalue weighted by molar-refractivity contribution is -0.870. The lowest BCUT2D eigenvalue weighted by atomic mass is 10.0. The highest BCUT2D eigenvalue weighted by atomic mass is 31.2. The Labute approximate surface area is 427 Å². The third kappa shape index (κ3) is 53.6. The number of aliphatic hydroxyl groups excluding tert-OH is 1. The molecule has 0 aromatic heterocycles. The second-order valence-electron chi connectivity index (χ2n) is 20.6. The lowest BCUT2D eigenvalue weighted by Crippen LogP contribution is -2.45. The van der Waals surface area contributed by atoms with Crippen LogP contribution in [0.15, 0.2) is 72.9 Å². The van der Waals surface area contributed by atoms with Gasteiger partial charge in [-0.25, -0.2) is 4.57 Å². The average molecular weight is 989 g/mol. The Balaban J connectivity index is 3.81. The smallest absolute Gasteiger partial charge is 0.387 e. The fraction of sp³-hybridized carbons (Fsp3) is 0.783. The Morgan fingerprint density at radius 3 is 1.28 bits per heavy atom. The molecule has 0 fully saturated rings. The van der Waals surface area contributed by atoms with Gasteiger partial charge in [-0.15, -0.1) is 0 Å². The number of allylic oxidation sites excluding steroid dienone is 11. The molecular formula is C60H112N2O6P+. The largest absolute Gasteiger partial charge is 0.472 e. The van der Waals surface area contributed by atoms with Gasteiger partial charge in [0.05, 0.1) is 39.9 Å². The molecule has 0 aliphatic rings. The van der Waals surface area contributed by atoms with Gasteiger partial charge in [0.2, 0.25) is 5.91 Å².